The van der Waals surface area contributed by atoms with E-state index in [1.807, 2.05) is 0 Å². The zero-order chi connectivity index (χ0) is 26.9. The lowest BCUT2D eigenvalue weighted by atomic mass is 10.1. The molecule has 0 saturated carbocycles. The van der Waals surface area contributed by atoms with Gasteiger partial charge in [0.05, 0.1) is 12.2 Å². The molecule has 0 atom stereocenters. The fourth-order valence-corrected chi connectivity index (χ4v) is 3.73. The summed E-state index contributed by atoms with van der Waals surface area (Å²) in [7, 11) is 0. The lowest BCUT2D eigenvalue weighted by molar-refractivity contribution is 0.0693. The molecule has 1 N–H and O–H groups in total. The van der Waals surface area contributed by atoms with Gasteiger partial charge in [-0.3, -0.25) is 4.79 Å². The van der Waals surface area contributed by atoms with Crippen LogP contribution in [0, 0.1) is 11.6 Å². The normalized spacial score (nSPS) is 10.6. The number of rotatable bonds is 11. The highest BCUT2D eigenvalue weighted by molar-refractivity contribution is 5.94. The number of hydrogen-bond acceptors (Lipinski definition) is 4. The summed E-state index contributed by atoms with van der Waals surface area (Å²) in [6, 6.07) is 24.6. The fourth-order valence-electron chi connectivity index (χ4n) is 3.73. The van der Waals surface area contributed by atoms with Crippen molar-refractivity contribution in [2.75, 3.05) is 13.2 Å². The first kappa shape index (κ1) is 26.3. The number of ether oxygens (including phenoxy) is 2. The summed E-state index contributed by atoms with van der Waals surface area (Å²) in [5, 5.41) is 9.15. The zero-order valence-corrected chi connectivity index (χ0v) is 20.3. The molecule has 0 aliphatic heterocycles. The van der Waals surface area contributed by atoms with E-state index in [0.29, 0.717) is 30.0 Å². The third-order valence-electron chi connectivity index (χ3n) is 5.66. The Kier molecular flexibility index (Phi) is 8.66. The maximum atomic E-state index is 13.9. The van der Waals surface area contributed by atoms with E-state index in [-0.39, 0.29) is 30.4 Å². The first-order chi connectivity index (χ1) is 18.4. The molecule has 0 unspecified atom stereocenters. The van der Waals surface area contributed by atoms with Gasteiger partial charge >= 0.3 is 5.97 Å². The third-order valence-corrected chi connectivity index (χ3v) is 5.66. The minimum atomic E-state index is -1.03. The van der Waals surface area contributed by atoms with Crippen molar-refractivity contribution in [3.63, 3.8) is 0 Å². The van der Waals surface area contributed by atoms with E-state index in [4.69, 9.17) is 14.6 Å². The minimum absolute atomic E-state index is 0.0799. The number of carboxylic acid groups (broad SMARTS) is 1. The number of amides is 1. The van der Waals surface area contributed by atoms with Gasteiger partial charge in [-0.1, -0.05) is 30.3 Å². The molecular formula is C30H25F2NO5. The van der Waals surface area contributed by atoms with Crippen LogP contribution in [0.3, 0.4) is 0 Å². The second-order valence-corrected chi connectivity index (χ2v) is 8.45. The Bertz CT molecular complexity index is 1390. The molecule has 0 bridgehead atoms. The van der Waals surface area contributed by atoms with Gasteiger partial charge in [0.1, 0.15) is 17.3 Å². The molecule has 4 rings (SSSR count). The molecule has 1 amide bonds. The summed E-state index contributed by atoms with van der Waals surface area (Å²) in [6.07, 6.45) is 0.476. The summed E-state index contributed by atoms with van der Waals surface area (Å²) in [6.45, 7) is 0.842. The molecule has 0 aliphatic rings. The number of carboxylic acids is 1. The Labute approximate surface area is 218 Å². The van der Waals surface area contributed by atoms with Crippen molar-refractivity contribution in [3.05, 3.63) is 125 Å². The predicted molar refractivity (Wildman–Crippen MR) is 138 cm³/mol. The molecule has 0 fully saturated rings. The quantitative estimate of drug-likeness (QED) is 0.228. The number of carbonyl (C=O) groups excluding carboxylic acids is 1. The van der Waals surface area contributed by atoms with Crippen LogP contribution in [0.25, 0.3) is 0 Å². The molecule has 0 aliphatic carbocycles. The van der Waals surface area contributed by atoms with Gasteiger partial charge in [-0.25, -0.2) is 13.6 Å². The number of carbonyl (C=O) groups is 2. The Balaban J connectivity index is 1.45. The number of nitrogens with zero attached hydrogens (tertiary/aromatic N) is 1. The first-order valence-corrected chi connectivity index (χ1v) is 11.9. The van der Waals surface area contributed by atoms with Crippen LogP contribution in [-0.4, -0.2) is 35.0 Å². The largest absolute Gasteiger partial charge is 0.493 e. The molecule has 0 spiro atoms. The van der Waals surface area contributed by atoms with Gasteiger partial charge in [0.25, 0.3) is 5.91 Å². The average Bonchev–Trinajstić information content (AvgIpc) is 2.92. The van der Waals surface area contributed by atoms with Crippen LogP contribution < -0.4 is 9.47 Å². The van der Waals surface area contributed by atoms with Crippen LogP contribution >= 0.6 is 0 Å². The molecule has 0 saturated heterocycles. The molecule has 0 heterocycles. The van der Waals surface area contributed by atoms with Gasteiger partial charge in [-0.2, -0.15) is 0 Å². The van der Waals surface area contributed by atoms with Crippen molar-refractivity contribution >= 4 is 11.9 Å². The van der Waals surface area contributed by atoms with Crippen LogP contribution in [0.2, 0.25) is 0 Å². The van der Waals surface area contributed by atoms with E-state index in [9.17, 15) is 18.4 Å². The molecule has 194 valence electrons. The van der Waals surface area contributed by atoms with Gasteiger partial charge in [-0.15, -0.1) is 0 Å². The molecule has 6 nitrogen and oxygen atoms in total. The maximum absolute atomic E-state index is 13.9. The summed E-state index contributed by atoms with van der Waals surface area (Å²) in [4.78, 5) is 26.2. The van der Waals surface area contributed by atoms with E-state index in [1.54, 1.807) is 65.6 Å². The van der Waals surface area contributed by atoms with Crippen LogP contribution in [-0.2, 0) is 6.54 Å². The highest BCUT2D eigenvalue weighted by Gasteiger charge is 2.17. The molecule has 8 heteroatoms. The second-order valence-electron chi connectivity index (χ2n) is 8.45. The van der Waals surface area contributed by atoms with Crippen molar-refractivity contribution in [1.82, 2.24) is 4.90 Å². The first-order valence-electron chi connectivity index (χ1n) is 11.9. The standard InChI is InChI=1S/C30H25F2NO5/c31-24-5-3-6-26(19-24)37-18-4-17-33(20-21-9-11-23(12-10-21)30(35)36)29(34)22-13-15-25(16-14-22)38-28-8-2-1-7-27(28)32/h1-3,5-16,19H,4,17-18,20H2,(H,35,36). The van der Waals surface area contributed by atoms with Crippen LogP contribution in [0.1, 0.15) is 32.7 Å². The van der Waals surface area contributed by atoms with E-state index in [0.717, 1.165) is 5.56 Å². The van der Waals surface area contributed by atoms with E-state index in [2.05, 4.69) is 0 Å². The fraction of sp³-hybridized carbons (Fsp3) is 0.133. The van der Waals surface area contributed by atoms with Gasteiger partial charge in [0.2, 0.25) is 0 Å². The van der Waals surface area contributed by atoms with Crippen molar-refractivity contribution in [2.45, 2.75) is 13.0 Å². The average molecular weight is 518 g/mol. The molecule has 4 aromatic rings. The van der Waals surface area contributed by atoms with Crippen molar-refractivity contribution in [1.29, 1.82) is 0 Å². The molecule has 0 radical (unpaired) electrons. The van der Waals surface area contributed by atoms with E-state index < -0.39 is 17.6 Å². The lowest BCUT2D eigenvalue weighted by Gasteiger charge is -2.23. The lowest BCUT2D eigenvalue weighted by Crippen LogP contribution is -2.32. The summed E-state index contributed by atoms with van der Waals surface area (Å²) >= 11 is 0. The molecule has 4 aromatic carbocycles. The highest BCUT2D eigenvalue weighted by atomic mass is 19.1. The van der Waals surface area contributed by atoms with E-state index >= 15 is 0 Å². The van der Waals surface area contributed by atoms with Crippen molar-refractivity contribution in [2.24, 2.45) is 0 Å². The number of aromatic carboxylic acids is 1. The Hall–Kier alpha value is -4.72. The third kappa shape index (κ3) is 7.16. The van der Waals surface area contributed by atoms with Crippen molar-refractivity contribution in [3.8, 4) is 17.2 Å². The van der Waals surface area contributed by atoms with Crippen LogP contribution in [0.15, 0.2) is 97.1 Å². The topological polar surface area (TPSA) is 76.1 Å². The SMILES string of the molecule is O=C(O)c1ccc(CN(CCCOc2cccc(F)c2)C(=O)c2ccc(Oc3ccccc3F)cc2)cc1. The van der Waals surface area contributed by atoms with Gasteiger partial charge in [-0.05, 0) is 72.6 Å². The number of halogens is 2. The molecular weight excluding hydrogens is 492 g/mol. The van der Waals surface area contributed by atoms with Gasteiger partial charge < -0.3 is 19.5 Å². The van der Waals surface area contributed by atoms with Crippen molar-refractivity contribution < 1.29 is 33.0 Å². The number of hydrogen-bond donors (Lipinski definition) is 1. The van der Waals surface area contributed by atoms with Crippen LogP contribution in [0.4, 0.5) is 8.78 Å². The Morgan fingerprint density at radius 2 is 1.50 bits per heavy atom. The number of para-hydroxylation sites is 1. The second kappa shape index (κ2) is 12.5. The Morgan fingerprint density at radius 1 is 0.789 bits per heavy atom. The number of benzene rings is 4. The summed E-state index contributed by atoms with van der Waals surface area (Å²) in [5.74, 6) is -1.31. The highest BCUT2D eigenvalue weighted by Crippen LogP contribution is 2.25. The van der Waals surface area contributed by atoms with Crippen LogP contribution in [0.5, 0.6) is 17.2 Å². The van der Waals surface area contributed by atoms with E-state index in [1.165, 1.54) is 36.4 Å². The van der Waals surface area contributed by atoms with Gasteiger partial charge in [0, 0.05) is 24.7 Å². The monoisotopic (exact) mass is 517 g/mol. The predicted octanol–water partition coefficient (Wildman–Crippen LogP) is 6.57. The summed E-state index contributed by atoms with van der Waals surface area (Å²) in [5.41, 5.74) is 1.31. The zero-order valence-electron chi connectivity index (χ0n) is 20.3. The minimum Gasteiger partial charge on any atom is -0.493 e. The van der Waals surface area contributed by atoms with Gasteiger partial charge in [0.15, 0.2) is 11.6 Å². The molecule has 0 aromatic heterocycles. The maximum Gasteiger partial charge on any atom is 0.335 e. The smallest absolute Gasteiger partial charge is 0.335 e. The molecule has 38 heavy (non-hydrogen) atoms. The Morgan fingerprint density at radius 3 is 2.18 bits per heavy atom. The summed E-state index contributed by atoms with van der Waals surface area (Å²) < 4.78 is 38.5.